The zero-order chi connectivity index (χ0) is 13.1. The molecule has 0 radical (unpaired) electrons. The normalized spacial score (nSPS) is 10.2. The van der Waals surface area contributed by atoms with E-state index in [1.165, 1.54) is 0 Å². The molecule has 1 N–H and O–H groups in total. The second kappa shape index (κ2) is 9.54. The summed E-state index contributed by atoms with van der Waals surface area (Å²) in [6.07, 6.45) is 2.57. The summed E-state index contributed by atoms with van der Waals surface area (Å²) in [5.41, 5.74) is 1.42. The van der Waals surface area contributed by atoms with Crippen LogP contribution < -0.4 is 5.32 Å². The highest BCUT2D eigenvalue weighted by Gasteiger charge is 2.00. The molecule has 1 aromatic rings. The minimum absolute atomic E-state index is 0.487. The van der Waals surface area contributed by atoms with E-state index in [0.717, 1.165) is 18.5 Å². The van der Waals surface area contributed by atoms with Crippen LogP contribution in [0.25, 0.3) is 0 Å². The highest BCUT2D eigenvalue weighted by Crippen LogP contribution is 2.02. The van der Waals surface area contributed by atoms with E-state index >= 15 is 0 Å². The molecule has 0 saturated carbocycles. The van der Waals surface area contributed by atoms with Gasteiger partial charge in [-0.25, -0.2) is 4.98 Å². The second-order valence-corrected chi connectivity index (χ2v) is 3.76. The Balaban J connectivity index is 2.09. The van der Waals surface area contributed by atoms with Gasteiger partial charge in [0, 0.05) is 32.0 Å². The molecule has 18 heavy (non-hydrogen) atoms. The topological polar surface area (TPSA) is 67.2 Å². The number of nitrogens with zero attached hydrogens (tertiary/aromatic N) is 2. The Morgan fingerprint density at radius 1 is 1.39 bits per heavy atom. The average molecular weight is 249 g/mol. The van der Waals surface area contributed by atoms with Crippen molar-refractivity contribution in [1.29, 1.82) is 5.26 Å². The Labute approximate surface area is 108 Å². The zero-order valence-corrected chi connectivity index (χ0v) is 10.7. The molecule has 0 aliphatic heterocycles. The number of methoxy groups -OCH3 is 1. The molecule has 0 spiro atoms. The van der Waals surface area contributed by atoms with E-state index in [4.69, 9.17) is 14.7 Å². The Morgan fingerprint density at radius 3 is 3.06 bits per heavy atom. The molecule has 0 amide bonds. The van der Waals surface area contributed by atoms with Crippen LogP contribution in [0.1, 0.15) is 17.7 Å². The molecule has 0 fully saturated rings. The van der Waals surface area contributed by atoms with E-state index < -0.39 is 0 Å². The summed E-state index contributed by atoms with van der Waals surface area (Å²) in [4.78, 5) is 4.01. The highest BCUT2D eigenvalue weighted by molar-refractivity contribution is 5.30. The number of hydrogen-bond acceptors (Lipinski definition) is 5. The van der Waals surface area contributed by atoms with Crippen LogP contribution in [0.15, 0.2) is 18.3 Å². The molecule has 0 aliphatic rings. The lowest BCUT2D eigenvalue weighted by Gasteiger charge is -2.06. The fourth-order valence-corrected chi connectivity index (χ4v) is 1.45. The molecule has 1 rings (SSSR count). The van der Waals surface area contributed by atoms with Crippen molar-refractivity contribution in [3.63, 3.8) is 0 Å². The van der Waals surface area contributed by atoms with Gasteiger partial charge < -0.3 is 14.8 Å². The van der Waals surface area contributed by atoms with Crippen molar-refractivity contribution < 1.29 is 9.47 Å². The summed E-state index contributed by atoms with van der Waals surface area (Å²) < 4.78 is 10.2. The molecule has 0 atom stereocenters. The maximum atomic E-state index is 8.87. The predicted octanol–water partition coefficient (Wildman–Crippen LogP) is 1.10. The van der Waals surface area contributed by atoms with Crippen LogP contribution in [0, 0.1) is 11.3 Å². The summed E-state index contributed by atoms with van der Waals surface area (Å²) in [6, 6.07) is 5.83. The standard InChI is InChI=1S/C13H19N3O2/c1-17-8-9-18-7-3-5-15-11-12-4-2-6-16-13(12)10-14/h2,4,6,15H,3,5,7-9,11H2,1H3. The Bertz CT molecular complexity index is 377. The average Bonchev–Trinajstić information content (AvgIpc) is 2.42. The maximum Gasteiger partial charge on any atom is 0.144 e. The fraction of sp³-hybridized carbons (Fsp3) is 0.538. The van der Waals surface area contributed by atoms with Crippen molar-refractivity contribution in [2.45, 2.75) is 13.0 Å². The van der Waals surface area contributed by atoms with Crippen LogP contribution in [-0.4, -0.2) is 38.5 Å². The summed E-state index contributed by atoms with van der Waals surface area (Å²) in [6.45, 7) is 3.50. The SMILES string of the molecule is COCCOCCCNCc1cccnc1C#N. The van der Waals surface area contributed by atoms with Crippen molar-refractivity contribution in [3.8, 4) is 6.07 Å². The third-order valence-corrected chi connectivity index (χ3v) is 2.39. The monoisotopic (exact) mass is 249 g/mol. The Hall–Kier alpha value is -1.48. The van der Waals surface area contributed by atoms with Gasteiger partial charge in [0.1, 0.15) is 11.8 Å². The van der Waals surface area contributed by atoms with Gasteiger partial charge in [0.15, 0.2) is 0 Å². The zero-order valence-electron chi connectivity index (χ0n) is 10.7. The lowest BCUT2D eigenvalue weighted by molar-refractivity contribution is 0.0695. The Morgan fingerprint density at radius 2 is 2.28 bits per heavy atom. The van der Waals surface area contributed by atoms with E-state index in [1.54, 1.807) is 13.3 Å². The largest absolute Gasteiger partial charge is 0.382 e. The fourth-order valence-electron chi connectivity index (χ4n) is 1.45. The van der Waals surface area contributed by atoms with Crippen LogP contribution in [0.5, 0.6) is 0 Å². The first-order chi connectivity index (χ1) is 8.88. The molecular weight excluding hydrogens is 230 g/mol. The number of pyridine rings is 1. The Kier molecular flexibility index (Phi) is 7.73. The van der Waals surface area contributed by atoms with Crippen LogP contribution in [0.2, 0.25) is 0 Å². The molecule has 1 aromatic heterocycles. The summed E-state index contributed by atoms with van der Waals surface area (Å²) in [7, 11) is 1.66. The van der Waals surface area contributed by atoms with Crippen molar-refractivity contribution in [1.82, 2.24) is 10.3 Å². The lowest BCUT2D eigenvalue weighted by atomic mass is 10.2. The van der Waals surface area contributed by atoms with E-state index in [9.17, 15) is 0 Å². The minimum atomic E-state index is 0.487. The molecule has 5 nitrogen and oxygen atoms in total. The first-order valence-corrected chi connectivity index (χ1v) is 6.00. The lowest BCUT2D eigenvalue weighted by Crippen LogP contribution is -2.17. The quantitative estimate of drug-likeness (QED) is 0.664. The van der Waals surface area contributed by atoms with E-state index in [0.29, 0.717) is 32.1 Å². The van der Waals surface area contributed by atoms with Gasteiger partial charge in [-0.3, -0.25) is 0 Å². The smallest absolute Gasteiger partial charge is 0.144 e. The molecule has 0 aliphatic carbocycles. The third-order valence-electron chi connectivity index (χ3n) is 2.39. The van der Waals surface area contributed by atoms with E-state index in [1.807, 2.05) is 12.1 Å². The number of nitriles is 1. The molecule has 5 heteroatoms. The van der Waals surface area contributed by atoms with Crippen LogP contribution >= 0.6 is 0 Å². The number of ether oxygens (including phenoxy) is 2. The van der Waals surface area contributed by atoms with Gasteiger partial charge in [0.2, 0.25) is 0 Å². The molecule has 0 saturated heterocycles. The second-order valence-electron chi connectivity index (χ2n) is 3.76. The number of aromatic nitrogens is 1. The first kappa shape index (κ1) is 14.6. The van der Waals surface area contributed by atoms with Crippen LogP contribution in [-0.2, 0) is 16.0 Å². The summed E-state index contributed by atoms with van der Waals surface area (Å²) >= 11 is 0. The number of hydrogen-bond donors (Lipinski definition) is 1. The predicted molar refractivity (Wildman–Crippen MR) is 68.0 cm³/mol. The van der Waals surface area contributed by atoms with Crippen molar-refractivity contribution >= 4 is 0 Å². The minimum Gasteiger partial charge on any atom is -0.382 e. The molecular formula is C13H19N3O2. The van der Waals surface area contributed by atoms with Gasteiger partial charge in [-0.2, -0.15) is 5.26 Å². The van der Waals surface area contributed by atoms with Gasteiger partial charge >= 0.3 is 0 Å². The third kappa shape index (κ3) is 5.73. The number of rotatable bonds is 9. The molecule has 0 bridgehead atoms. The molecule has 0 aromatic carbocycles. The van der Waals surface area contributed by atoms with Gasteiger partial charge in [0.05, 0.1) is 13.2 Å². The maximum absolute atomic E-state index is 8.87. The van der Waals surface area contributed by atoms with E-state index in [-0.39, 0.29) is 0 Å². The molecule has 98 valence electrons. The summed E-state index contributed by atoms with van der Waals surface area (Å²) in [5.74, 6) is 0. The van der Waals surface area contributed by atoms with Crippen LogP contribution in [0.4, 0.5) is 0 Å². The number of nitrogens with one attached hydrogen (secondary N) is 1. The van der Waals surface area contributed by atoms with Gasteiger partial charge in [0.25, 0.3) is 0 Å². The summed E-state index contributed by atoms with van der Waals surface area (Å²) in [5, 5.41) is 12.1. The van der Waals surface area contributed by atoms with Crippen molar-refractivity contribution in [2.24, 2.45) is 0 Å². The van der Waals surface area contributed by atoms with Crippen molar-refractivity contribution in [3.05, 3.63) is 29.6 Å². The van der Waals surface area contributed by atoms with Gasteiger partial charge in [-0.05, 0) is 19.0 Å². The van der Waals surface area contributed by atoms with E-state index in [2.05, 4.69) is 16.4 Å². The molecule has 1 heterocycles. The van der Waals surface area contributed by atoms with Gasteiger partial charge in [-0.1, -0.05) is 6.07 Å². The van der Waals surface area contributed by atoms with Gasteiger partial charge in [-0.15, -0.1) is 0 Å². The molecule has 0 unspecified atom stereocenters. The van der Waals surface area contributed by atoms with Crippen LogP contribution in [0.3, 0.4) is 0 Å². The highest BCUT2D eigenvalue weighted by atomic mass is 16.5. The van der Waals surface area contributed by atoms with Crippen molar-refractivity contribution in [2.75, 3.05) is 33.5 Å². The first-order valence-electron chi connectivity index (χ1n) is 6.00.